The molecule has 0 heterocycles. The molecule has 0 aromatic carbocycles. The van der Waals surface area contributed by atoms with Gasteiger partial charge in [-0.05, 0) is 68.8 Å². The van der Waals surface area contributed by atoms with Crippen molar-refractivity contribution in [2.75, 3.05) is 0 Å². The van der Waals surface area contributed by atoms with Gasteiger partial charge in [0.1, 0.15) is 5.60 Å². The Morgan fingerprint density at radius 2 is 1.85 bits per heavy atom. The van der Waals surface area contributed by atoms with Crippen LogP contribution < -0.4 is 0 Å². The molecule has 3 saturated carbocycles. The maximum Gasteiger partial charge on any atom is 0.161 e. The summed E-state index contributed by atoms with van der Waals surface area (Å²) in [5.74, 6) is 1.22. The molecule has 0 aliphatic heterocycles. The Hall–Kier alpha value is -1.00. The summed E-state index contributed by atoms with van der Waals surface area (Å²) in [4.78, 5) is 24.4. The van der Waals surface area contributed by atoms with Gasteiger partial charge in [0.2, 0.25) is 0 Å². The molecule has 0 saturated heterocycles. The second-order valence-corrected chi connectivity index (χ2v) is 9.99. The molecule has 0 aromatic rings. The summed E-state index contributed by atoms with van der Waals surface area (Å²) in [6, 6.07) is 0. The molecule has 3 fully saturated rings. The molecule has 0 spiro atoms. The van der Waals surface area contributed by atoms with Crippen LogP contribution in [0.3, 0.4) is 0 Å². The summed E-state index contributed by atoms with van der Waals surface area (Å²) in [5, 5.41) is 22.1. The van der Waals surface area contributed by atoms with Crippen molar-refractivity contribution < 1.29 is 19.8 Å². The predicted molar refractivity (Wildman–Crippen MR) is 98.3 cm³/mol. The first-order valence-electron chi connectivity index (χ1n) is 10.2. The Morgan fingerprint density at radius 1 is 1.19 bits per heavy atom. The smallest absolute Gasteiger partial charge is 0.161 e. The first-order chi connectivity index (χ1) is 12.1. The fraction of sp³-hybridized carbons (Fsp3) is 0.818. The summed E-state index contributed by atoms with van der Waals surface area (Å²) in [6.07, 6.45) is 5.54. The quantitative estimate of drug-likeness (QED) is 0.754. The highest BCUT2D eigenvalue weighted by Crippen LogP contribution is 2.68. The molecule has 0 aromatic heterocycles. The Kier molecular flexibility index (Phi) is 3.89. The van der Waals surface area contributed by atoms with E-state index < -0.39 is 11.7 Å². The minimum Gasteiger partial charge on any atom is -0.392 e. The lowest BCUT2D eigenvalue weighted by Crippen LogP contribution is -2.60. The van der Waals surface area contributed by atoms with Crippen molar-refractivity contribution in [3.63, 3.8) is 0 Å². The molecular formula is C22H32O4. The van der Waals surface area contributed by atoms with Gasteiger partial charge in [-0.2, -0.15) is 0 Å². The summed E-state index contributed by atoms with van der Waals surface area (Å²) >= 11 is 0. The van der Waals surface area contributed by atoms with Crippen LogP contribution in [0.25, 0.3) is 0 Å². The second kappa shape index (κ2) is 5.51. The van der Waals surface area contributed by atoms with E-state index in [2.05, 4.69) is 20.8 Å². The largest absolute Gasteiger partial charge is 0.392 e. The summed E-state index contributed by atoms with van der Waals surface area (Å²) in [5.41, 5.74) is -0.795. The minimum atomic E-state index is -1.20. The monoisotopic (exact) mass is 360 g/mol. The number of ketones is 2. The maximum absolute atomic E-state index is 12.3. The Balaban J connectivity index is 1.76. The highest BCUT2D eigenvalue weighted by Gasteiger charge is 2.67. The average molecular weight is 360 g/mol. The lowest BCUT2D eigenvalue weighted by molar-refractivity contribution is -0.166. The normalized spacial score (nSPS) is 53.4. The van der Waals surface area contributed by atoms with E-state index in [0.717, 1.165) is 31.3 Å². The molecule has 26 heavy (non-hydrogen) atoms. The van der Waals surface area contributed by atoms with E-state index in [9.17, 15) is 19.8 Å². The molecule has 4 aliphatic carbocycles. The third-order valence-electron chi connectivity index (χ3n) is 9.12. The van der Waals surface area contributed by atoms with Crippen LogP contribution in [0.4, 0.5) is 0 Å². The molecule has 144 valence electrons. The fourth-order valence-corrected chi connectivity index (χ4v) is 7.61. The Bertz CT molecular complexity index is 696. The van der Waals surface area contributed by atoms with Gasteiger partial charge in [0.15, 0.2) is 11.6 Å². The van der Waals surface area contributed by atoms with Crippen LogP contribution in [0.2, 0.25) is 0 Å². The van der Waals surface area contributed by atoms with Gasteiger partial charge in [0, 0.05) is 17.3 Å². The van der Waals surface area contributed by atoms with Gasteiger partial charge < -0.3 is 10.2 Å². The van der Waals surface area contributed by atoms with Crippen molar-refractivity contribution in [1.29, 1.82) is 0 Å². The van der Waals surface area contributed by atoms with Crippen molar-refractivity contribution in [1.82, 2.24) is 0 Å². The van der Waals surface area contributed by atoms with Crippen molar-refractivity contribution in [3.05, 3.63) is 11.6 Å². The average Bonchev–Trinajstić information content (AvgIpc) is 2.83. The van der Waals surface area contributed by atoms with Gasteiger partial charge in [-0.1, -0.05) is 26.3 Å². The van der Waals surface area contributed by atoms with Crippen molar-refractivity contribution >= 4 is 11.6 Å². The summed E-state index contributed by atoms with van der Waals surface area (Å²) in [6.45, 7) is 7.96. The van der Waals surface area contributed by atoms with E-state index in [1.165, 1.54) is 6.92 Å². The van der Waals surface area contributed by atoms with E-state index in [-0.39, 0.29) is 34.7 Å². The third-order valence-corrected chi connectivity index (χ3v) is 9.12. The molecule has 4 aliphatic rings. The van der Waals surface area contributed by atoms with Crippen molar-refractivity contribution in [3.8, 4) is 0 Å². The van der Waals surface area contributed by atoms with Gasteiger partial charge in [-0.25, -0.2) is 0 Å². The van der Waals surface area contributed by atoms with E-state index >= 15 is 0 Å². The topological polar surface area (TPSA) is 74.6 Å². The van der Waals surface area contributed by atoms with Crippen LogP contribution in [0, 0.1) is 34.5 Å². The second-order valence-electron chi connectivity index (χ2n) is 9.99. The number of aliphatic hydroxyl groups is 2. The van der Waals surface area contributed by atoms with Gasteiger partial charge in [0.05, 0.1) is 6.10 Å². The van der Waals surface area contributed by atoms with Crippen LogP contribution in [0.1, 0.15) is 66.2 Å². The van der Waals surface area contributed by atoms with E-state index in [1.54, 1.807) is 0 Å². The number of fused-ring (bicyclic) bond motifs is 5. The molecule has 0 unspecified atom stereocenters. The number of hydrogen-bond acceptors (Lipinski definition) is 4. The van der Waals surface area contributed by atoms with Crippen molar-refractivity contribution in [2.24, 2.45) is 34.5 Å². The minimum absolute atomic E-state index is 0.0442. The first-order valence-corrected chi connectivity index (χ1v) is 10.2. The fourth-order valence-electron chi connectivity index (χ4n) is 7.61. The number of carbonyl (C=O) groups excluding carboxylic acids is 2. The van der Waals surface area contributed by atoms with Gasteiger partial charge in [-0.15, -0.1) is 0 Å². The number of aliphatic hydroxyl groups excluding tert-OH is 1. The molecule has 4 heteroatoms. The van der Waals surface area contributed by atoms with Crippen LogP contribution in [-0.2, 0) is 9.59 Å². The molecule has 4 nitrogen and oxygen atoms in total. The third kappa shape index (κ3) is 2.03. The van der Waals surface area contributed by atoms with Gasteiger partial charge in [0.25, 0.3) is 0 Å². The zero-order valence-electron chi connectivity index (χ0n) is 16.4. The maximum atomic E-state index is 12.3. The van der Waals surface area contributed by atoms with Gasteiger partial charge in [-0.3, -0.25) is 9.59 Å². The van der Waals surface area contributed by atoms with E-state index in [0.29, 0.717) is 24.2 Å². The molecule has 2 N–H and O–H groups in total. The highest BCUT2D eigenvalue weighted by molar-refractivity contribution is 5.92. The Morgan fingerprint density at radius 3 is 2.50 bits per heavy atom. The SMILES string of the molecule is CC(=O)[C@@]1(O)CC[C@H]2[C@@H]3C[C@H](C)C4=CC(=O)C[C@@H](O)[C@]4(C)[C@H]3CC[C@@]21C. The van der Waals surface area contributed by atoms with Crippen LogP contribution >= 0.6 is 0 Å². The first kappa shape index (κ1) is 18.4. The molecule has 4 rings (SSSR count). The zero-order valence-corrected chi connectivity index (χ0v) is 16.4. The molecular weight excluding hydrogens is 328 g/mol. The molecule has 0 bridgehead atoms. The van der Waals surface area contributed by atoms with Crippen LogP contribution in [-0.4, -0.2) is 33.5 Å². The molecule has 0 radical (unpaired) electrons. The van der Waals surface area contributed by atoms with E-state index in [4.69, 9.17) is 0 Å². The number of hydrogen-bond donors (Lipinski definition) is 2. The summed E-state index contributed by atoms with van der Waals surface area (Å²) < 4.78 is 0. The van der Waals surface area contributed by atoms with Crippen molar-refractivity contribution in [2.45, 2.75) is 77.9 Å². The Labute approximate surface area is 156 Å². The predicted octanol–water partition coefficient (Wildman–Crippen LogP) is 3.06. The molecule has 0 amide bonds. The highest BCUT2D eigenvalue weighted by atomic mass is 16.3. The standard InChI is InChI=1S/C22H32O4/c1-12-9-15-16-6-8-22(26,13(2)23)20(16,3)7-5-17(15)21(4)18(12)10-14(24)11-19(21)25/h10,12,15-17,19,25-26H,5-9,11H2,1-4H3/t12-,15-,16-,17-,19+,20-,21+,22-/m0/s1. The number of carbonyl (C=O) groups is 2. The van der Waals surface area contributed by atoms with Gasteiger partial charge >= 0.3 is 0 Å². The lowest BCUT2D eigenvalue weighted by atomic mass is 9.44. The van der Waals surface area contributed by atoms with Crippen LogP contribution in [0.5, 0.6) is 0 Å². The molecule has 8 atom stereocenters. The lowest BCUT2D eigenvalue weighted by Gasteiger charge is -2.61. The van der Waals surface area contributed by atoms with Crippen LogP contribution in [0.15, 0.2) is 11.6 Å². The number of rotatable bonds is 1. The summed E-state index contributed by atoms with van der Waals surface area (Å²) in [7, 11) is 0. The number of Topliss-reactive ketones (excluding diaryl/α,β-unsaturated/α-hetero) is 1. The zero-order chi connectivity index (χ0) is 19.1. The van der Waals surface area contributed by atoms with E-state index in [1.807, 2.05) is 6.08 Å².